The Balaban J connectivity index is 1.70. The van der Waals surface area contributed by atoms with Gasteiger partial charge in [0, 0.05) is 24.7 Å². The number of nitrogens with zero attached hydrogens (tertiary/aromatic N) is 2. The van der Waals surface area contributed by atoms with E-state index in [1.807, 2.05) is 30.3 Å². The molecule has 4 heteroatoms. The van der Waals surface area contributed by atoms with Crippen LogP contribution in [0.25, 0.3) is 32.9 Å². The van der Waals surface area contributed by atoms with Gasteiger partial charge in [-0.25, -0.2) is 4.79 Å². The van der Waals surface area contributed by atoms with Crippen molar-refractivity contribution in [3.63, 3.8) is 0 Å². The lowest BCUT2D eigenvalue weighted by atomic mass is 9.99. The van der Waals surface area contributed by atoms with Crippen molar-refractivity contribution in [2.24, 2.45) is 0 Å². The number of piperidine rings is 1. The molecule has 0 saturated carbocycles. The van der Waals surface area contributed by atoms with Gasteiger partial charge in [-0.3, -0.25) is 0 Å². The molecule has 2 heterocycles. The van der Waals surface area contributed by atoms with Gasteiger partial charge in [-0.15, -0.1) is 0 Å². The highest BCUT2D eigenvalue weighted by atomic mass is 16.4. The van der Waals surface area contributed by atoms with Gasteiger partial charge in [0.2, 0.25) is 0 Å². The molecule has 1 aliphatic heterocycles. The maximum absolute atomic E-state index is 12.6. The summed E-state index contributed by atoms with van der Waals surface area (Å²) >= 11 is 0. The molecule has 0 unspecified atom stereocenters. The predicted molar refractivity (Wildman–Crippen MR) is 116 cm³/mol. The number of hydrogen-bond donors (Lipinski definition) is 0. The van der Waals surface area contributed by atoms with E-state index in [-0.39, 0.29) is 5.56 Å². The van der Waals surface area contributed by atoms with Gasteiger partial charge in [0.05, 0.1) is 5.69 Å². The van der Waals surface area contributed by atoms with Crippen molar-refractivity contribution in [1.82, 2.24) is 0 Å². The summed E-state index contributed by atoms with van der Waals surface area (Å²) in [6, 6.07) is 22.5. The van der Waals surface area contributed by atoms with E-state index in [9.17, 15) is 10.1 Å². The zero-order valence-electron chi connectivity index (χ0n) is 16.0. The summed E-state index contributed by atoms with van der Waals surface area (Å²) in [5, 5.41) is 14.1. The van der Waals surface area contributed by atoms with Crippen LogP contribution >= 0.6 is 0 Å². The second kappa shape index (κ2) is 7.10. The molecule has 5 rings (SSSR count). The van der Waals surface area contributed by atoms with Gasteiger partial charge in [0.25, 0.3) is 0 Å². The van der Waals surface area contributed by atoms with E-state index in [4.69, 9.17) is 4.42 Å². The van der Waals surface area contributed by atoms with E-state index in [1.165, 1.54) is 17.2 Å². The quantitative estimate of drug-likeness (QED) is 0.432. The summed E-state index contributed by atoms with van der Waals surface area (Å²) < 4.78 is 5.57. The number of rotatable bonds is 2. The molecule has 29 heavy (non-hydrogen) atoms. The lowest BCUT2D eigenvalue weighted by Gasteiger charge is -2.29. The van der Waals surface area contributed by atoms with Gasteiger partial charge in [0.1, 0.15) is 11.8 Å². The third-order valence-electron chi connectivity index (χ3n) is 5.77. The molecule has 4 aromatic rings. The molecule has 3 aromatic carbocycles. The summed E-state index contributed by atoms with van der Waals surface area (Å²) in [5.41, 5.74) is 1.07. The summed E-state index contributed by atoms with van der Waals surface area (Å²) in [5.74, 6) is 0.504. The molecule has 0 spiro atoms. The fourth-order valence-corrected chi connectivity index (χ4v) is 4.27. The van der Waals surface area contributed by atoms with Crippen molar-refractivity contribution in [2.45, 2.75) is 19.3 Å². The van der Waals surface area contributed by atoms with Gasteiger partial charge < -0.3 is 9.32 Å². The van der Waals surface area contributed by atoms with Gasteiger partial charge in [-0.2, -0.15) is 5.26 Å². The van der Waals surface area contributed by atoms with E-state index in [0.717, 1.165) is 42.3 Å². The normalized spacial score (nSPS) is 14.2. The molecule has 0 aliphatic carbocycles. The van der Waals surface area contributed by atoms with Crippen LogP contribution in [0.3, 0.4) is 0 Å². The highest BCUT2D eigenvalue weighted by Crippen LogP contribution is 2.32. The summed E-state index contributed by atoms with van der Waals surface area (Å²) in [4.78, 5) is 14.7. The zero-order chi connectivity index (χ0) is 19.8. The third kappa shape index (κ3) is 3.05. The maximum Gasteiger partial charge on any atom is 0.356 e. The zero-order valence-corrected chi connectivity index (χ0v) is 16.0. The van der Waals surface area contributed by atoms with Crippen LogP contribution in [0.5, 0.6) is 0 Å². The van der Waals surface area contributed by atoms with Crippen LogP contribution in [-0.4, -0.2) is 13.1 Å². The van der Waals surface area contributed by atoms with E-state index >= 15 is 0 Å². The Kier molecular flexibility index (Phi) is 4.29. The minimum atomic E-state index is -0.566. The van der Waals surface area contributed by atoms with E-state index in [1.54, 1.807) is 0 Å². The molecule has 1 aliphatic rings. The van der Waals surface area contributed by atoms with Crippen LogP contribution < -0.4 is 10.5 Å². The minimum absolute atomic E-state index is 0.0990. The minimum Gasteiger partial charge on any atom is -0.422 e. The fraction of sp³-hybridized carbons (Fsp3) is 0.200. The molecule has 1 saturated heterocycles. The van der Waals surface area contributed by atoms with Gasteiger partial charge in [-0.05, 0) is 46.9 Å². The molecule has 0 radical (unpaired) electrons. The van der Waals surface area contributed by atoms with Crippen molar-refractivity contribution >= 4 is 27.2 Å². The summed E-state index contributed by atoms with van der Waals surface area (Å²) in [6.07, 6.45) is 3.33. The van der Waals surface area contributed by atoms with Crippen molar-refractivity contribution in [3.05, 3.63) is 76.6 Å². The van der Waals surface area contributed by atoms with Crippen molar-refractivity contribution in [1.29, 1.82) is 5.26 Å². The van der Waals surface area contributed by atoms with Crippen LogP contribution in [0.4, 0.5) is 5.69 Å². The average molecular weight is 380 g/mol. The van der Waals surface area contributed by atoms with Gasteiger partial charge >= 0.3 is 5.63 Å². The highest BCUT2D eigenvalue weighted by Gasteiger charge is 2.20. The van der Waals surface area contributed by atoms with Gasteiger partial charge in [0.15, 0.2) is 5.56 Å². The largest absolute Gasteiger partial charge is 0.422 e. The number of anilines is 1. The SMILES string of the molecule is N#Cc1c(N2CCCCC2)cc(-c2ccc3ccc4ccccc4c3c2)oc1=O. The average Bonchev–Trinajstić information content (AvgIpc) is 2.78. The highest BCUT2D eigenvalue weighted by molar-refractivity contribution is 6.08. The predicted octanol–water partition coefficient (Wildman–Crippen LogP) is 5.48. The lowest BCUT2D eigenvalue weighted by Crippen LogP contribution is -2.31. The Morgan fingerprint density at radius 3 is 2.38 bits per heavy atom. The molecule has 0 bridgehead atoms. The van der Waals surface area contributed by atoms with Crippen LogP contribution in [0.1, 0.15) is 24.8 Å². The first-order valence-electron chi connectivity index (χ1n) is 10.00. The first-order valence-corrected chi connectivity index (χ1v) is 10.00. The molecular weight excluding hydrogens is 360 g/mol. The molecule has 1 aromatic heterocycles. The smallest absolute Gasteiger partial charge is 0.356 e. The second-order valence-corrected chi connectivity index (χ2v) is 7.54. The maximum atomic E-state index is 12.6. The Morgan fingerprint density at radius 1 is 0.862 bits per heavy atom. The topological polar surface area (TPSA) is 57.2 Å². The second-order valence-electron chi connectivity index (χ2n) is 7.54. The first kappa shape index (κ1) is 17.5. The molecule has 1 fully saturated rings. The Bertz CT molecular complexity index is 1320. The van der Waals surface area contributed by atoms with Crippen LogP contribution in [0, 0.1) is 11.3 Å². The molecule has 142 valence electrons. The Morgan fingerprint density at radius 2 is 1.59 bits per heavy atom. The van der Waals surface area contributed by atoms with E-state index in [2.05, 4.69) is 41.3 Å². The molecule has 0 amide bonds. The van der Waals surface area contributed by atoms with Crippen LogP contribution in [0.15, 0.2) is 69.9 Å². The van der Waals surface area contributed by atoms with Crippen LogP contribution in [0.2, 0.25) is 0 Å². The number of hydrogen-bond acceptors (Lipinski definition) is 4. The van der Waals surface area contributed by atoms with Crippen LogP contribution in [-0.2, 0) is 0 Å². The summed E-state index contributed by atoms with van der Waals surface area (Å²) in [7, 11) is 0. The third-order valence-corrected chi connectivity index (χ3v) is 5.77. The van der Waals surface area contributed by atoms with E-state index < -0.39 is 5.63 Å². The van der Waals surface area contributed by atoms with Crippen molar-refractivity contribution in [3.8, 4) is 17.4 Å². The van der Waals surface area contributed by atoms with Crippen molar-refractivity contribution < 1.29 is 4.42 Å². The van der Waals surface area contributed by atoms with Crippen molar-refractivity contribution in [2.75, 3.05) is 18.0 Å². The summed E-state index contributed by atoms with van der Waals surface area (Å²) in [6.45, 7) is 1.72. The number of benzene rings is 3. The molecular formula is C25H20N2O2. The number of fused-ring (bicyclic) bond motifs is 3. The van der Waals surface area contributed by atoms with Gasteiger partial charge in [-0.1, -0.05) is 48.5 Å². The monoisotopic (exact) mass is 380 g/mol. The Labute approximate surface area is 168 Å². The fourth-order valence-electron chi connectivity index (χ4n) is 4.27. The lowest BCUT2D eigenvalue weighted by molar-refractivity contribution is 0.519. The molecule has 0 atom stereocenters. The Hall–Kier alpha value is -3.58. The first-order chi connectivity index (χ1) is 14.2. The van der Waals surface area contributed by atoms with E-state index in [0.29, 0.717) is 11.4 Å². The molecule has 4 nitrogen and oxygen atoms in total. The standard InChI is InChI=1S/C25H20N2O2/c26-16-22-23(27-12-4-1-5-13-27)15-24(29-25(22)28)19-11-10-18-9-8-17-6-2-3-7-20(17)21(18)14-19/h2-3,6-11,14-15H,1,4-5,12-13H2. The molecule has 0 N–H and O–H groups in total. The number of nitriles is 1.